The maximum atomic E-state index is 12.8. The van der Waals surface area contributed by atoms with Crippen LogP contribution in [0, 0.1) is 6.92 Å². The van der Waals surface area contributed by atoms with Gasteiger partial charge in [0, 0.05) is 50.2 Å². The van der Waals surface area contributed by atoms with Crippen LogP contribution < -0.4 is 0 Å². The number of aryl methyl sites for hydroxylation is 1. The fourth-order valence-corrected chi connectivity index (χ4v) is 5.24. The van der Waals surface area contributed by atoms with E-state index in [0.29, 0.717) is 12.6 Å². The molecule has 0 N–H and O–H groups in total. The van der Waals surface area contributed by atoms with E-state index in [0.717, 1.165) is 45.7 Å². The molecule has 144 valence electrons. The van der Waals surface area contributed by atoms with Crippen LogP contribution in [-0.4, -0.2) is 59.9 Å². The smallest absolute Gasteiger partial charge is 0.236 e. The highest BCUT2D eigenvalue weighted by Crippen LogP contribution is 2.32. The highest BCUT2D eigenvalue weighted by Gasteiger charge is 2.28. The van der Waals surface area contributed by atoms with Crippen molar-refractivity contribution < 1.29 is 4.79 Å². The van der Waals surface area contributed by atoms with Crippen molar-refractivity contribution in [3.8, 4) is 0 Å². The number of fused-ring (bicyclic) bond motifs is 1. The van der Waals surface area contributed by atoms with Gasteiger partial charge in [0.25, 0.3) is 0 Å². The Labute approximate surface area is 166 Å². The van der Waals surface area contributed by atoms with Crippen LogP contribution >= 0.6 is 11.3 Å². The van der Waals surface area contributed by atoms with Crippen LogP contribution in [0.15, 0.2) is 35.7 Å². The quantitative estimate of drug-likeness (QED) is 0.810. The first-order valence-electron chi connectivity index (χ1n) is 9.96. The molecule has 4 rings (SSSR count). The molecule has 0 unspecified atom stereocenters. The molecule has 0 spiro atoms. The molecule has 0 radical (unpaired) electrons. The molecule has 1 atom stereocenters. The zero-order chi connectivity index (χ0) is 18.8. The van der Waals surface area contributed by atoms with E-state index < -0.39 is 0 Å². The molecule has 3 heterocycles. The van der Waals surface area contributed by atoms with Crippen molar-refractivity contribution in [3.63, 3.8) is 0 Å². The molecule has 1 fully saturated rings. The zero-order valence-corrected chi connectivity index (χ0v) is 17.2. The highest BCUT2D eigenvalue weighted by atomic mass is 32.1. The first-order valence-corrected chi connectivity index (χ1v) is 10.8. The molecule has 27 heavy (non-hydrogen) atoms. The first-order chi connectivity index (χ1) is 13.1. The summed E-state index contributed by atoms with van der Waals surface area (Å²) >= 11 is 1.85. The summed E-state index contributed by atoms with van der Waals surface area (Å²) in [6, 6.07) is 11.3. The minimum Gasteiger partial charge on any atom is -0.339 e. The van der Waals surface area contributed by atoms with Crippen LogP contribution in [0.25, 0.3) is 0 Å². The summed E-state index contributed by atoms with van der Waals surface area (Å²) in [5.41, 5.74) is 4.09. The number of benzene rings is 1. The summed E-state index contributed by atoms with van der Waals surface area (Å²) < 4.78 is 0. The molecule has 2 aliphatic heterocycles. The van der Waals surface area contributed by atoms with Crippen molar-refractivity contribution in [1.82, 2.24) is 14.7 Å². The minimum atomic E-state index is 0.288. The lowest BCUT2D eigenvalue weighted by Gasteiger charge is -2.38. The fraction of sp³-hybridized carbons (Fsp3) is 0.500. The molecule has 0 aliphatic carbocycles. The second-order valence-corrected chi connectivity index (χ2v) is 8.84. The molecule has 1 saturated heterocycles. The predicted octanol–water partition coefficient (Wildman–Crippen LogP) is 3.32. The second kappa shape index (κ2) is 8.13. The average molecular weight is 384 g/mol. The van der Waals surface area contributed by atoms with Crippen LogP contribution in [0.5, 0.6) is 0 Å². The van der Waals surface area contributed by atoms with Crippen molar-refractivity contribution in [1.29, 1.82) is 0 Å². The molecule has 2 aromatic rings. The minimum absolute atomic E-state index is 0.288. The van der Waals surface area contributed by atoms with Gasteiger partial charge in [-0.1, -0.05) is 29.8 Å². The molecule has 0 bridgehead atoms. The van der Waals surface area contributed by atoms with Crippen LogP contribution in [0.1, 0.15) is 34.5 Å². The predicted molar refractivity (Wildman–Crippen MR) is 111 cm³/mol. The van der Waals surface area contributed by atoms with Gasteiger partial charge < -0.3 is 4.90 Å². The largest absolute Gasteiger partial charge is 0.339 e. The normalized spacial score (nSPS) is 21.3. The Morgan fingerprint density at radius 3 is 2.74 bits per heavy atom. The summed E-state index contributed by atoms with van der Waals surface area (Å²) in [7, 11) is 0. The fourth-order valence-electron chi connectivity index (χ4n) is 4.28. The summed E-state index contributed by atoms with van der Waals surface area (Å²) in [5, 5.41) is 2.18. The molecule has 1 amide bonds. The third-order valence-electron chi connectivity index (χ3n) is 5.96. The third-order valence-corrected chi connectivity index (χ3v) is 6.95. The van der Waals surface area contributed by atoms with Crippen molar-refractivity contribution >= 4 is 17.2 Å². The highest BCUT2D eigenvalue weighted by molar-refractivity contribution is 7.10. The Morgan fingerprint density at radius 1 is 1.15 bits per heavy atom. The van der Waals surface area contributed by atoms with E-state index in [2.05, 4.69) is 64.3 Å². The Hall–Kier alpha value is -1.69. The number of rotatable bonds is 4. The van der Waals surface area contributed by atoms with Crippen LogP contribution in [0.3, 0.4) is 0 Å². The van der Waals surface area contributed by atoms with Gasteiger partial charge in [-0.25, -0.2) is 0 Å². The maximum absolute atomic E-state index is 12.8. The van der Waals surface area contributed by atoms with Crippen molar-refractivity contribution in [2.45, 2.75) is 32.9 Å². The first kappa shape index (κ1) is 18.7. The zero-order valence-electron chi connectivity index (χ0n) is 16.4. The van der Waals surface area contributed by atoms with Crippen LogP contribution in [0.2, 0.25) is 0 Å². The van der Waals surface area contributed by atoms with Crippen molar-refractivity contribution in [2.75, 3.05) is 39.3 Å². The molecule has 2 aliphatic rings. The topological polar surface area (TPSA) is 26.8 Å². The van der Waals surface area contributed by atoms with E-state index in [1.54, 1.807) is 0 Å². The Balaban J connectivity index is 1.28. The number of hydrogen-bond donors (Lipinski definition) is 0. The summed E-state index contributed by atoms with van der Waals surface area (Å²) in [4.78, 5) is 21.2. The molecular formula is C22H29N3OS. The summed E-state index contributed by atoms with van der Waals surface area (Å²) in [6.45, 7) is 10.5. The molecule has 5 heteroatoms. The maximum Gasteiger partial charge on any atom is 0.236 e. The molecule has 1 aromatic carbocycles. The number of carbonyl (C=O) groups excluding carboxylic acids is 1. The van der Waals surface area contributed by atoms with E-state index in [1.165, 1.54) is 21.6 Å². The average Bonchev–Trinajstić information content (AvgIpc) is 3.14. The lowest BCUT2D eigenvalue weighted by Crippen LogP contribution is -2.51. The second-order valence-electron chi connectivity index (χ2n) is 7.84. The number of piperazine rings is 1. The molecule has 4 nitrogen and oxygen atoms in total. The summed E-state index contributed by atoms with van der Waals surface area (Å²) in [6.07, 6.45) is 1.08. The van der Waals surface area contributed by atoms with Gasteiger partial charge in [-0.15, -0.1) is 11.3 Å². The van der Waals surface area contributed by atoms with Gasteiger partial charge >= 0.3 is 0 Å². The number of thiophene rings is 1. The van der Waals surface area contributed by atoms with Gasteiger partial charge in [-0.2, -0.15) is 0 Å². The van der Waals surface area contributed by atoms with Gasteiger partial charge in [0.15, 0.2) is 0 Å². The van der Waals surface area contributed by atoms with Gasteiger partial charge in [-0.05, 0) is 42.8 Å². The number of hydrogen-bond acceptors (Lipinski definition) is 4. The van der Waals surface area contributed by atoms with Crippen molar-refractivity contribution in [2.24, 2.45) is 0 Å². The van der Waals surface area contributed by atoms with Gasteiger partial charge in [0.2, 0.25) is 5.91 Å². The lowest BCUT2D eigenvalue weighted by atomic mass is 10.0. The Kier molecular flexibility index (Phi) is 5.62. The van der Waals surface area contributed by atoms with E-state index in [4.69, 9.17) is 0 Å². The van der Waals surface area contributed by atoms with E-state index in [9.17, 15) is 4.79 Å². The monoisotopic (exact) mass is 383 g/mol. The SMILES string of the molecule is Cc1cccc(CN2CCN(C(=O)CN3CCc4sccc4[C@H]3C)CC2)c1. The number of amides is 1. The standard InChI is InChI=1S/C22H29N3OS/c1-17-4-3-5-19(14-17)15-23-9-11-24(12-10-23)22(26)16-25-8-6-21-20(18(25)2)7-13-27-21/h3-5,7,13-14,18H,6,8-12,15-16H2,1-2H3/t18-/m1/s1. The number of nitrogens with zero attached hydrogens (tertiary/aromatic N) is 3. The molecular weight excluding hydrogens is 354 g/mol. The van der Waals surface area contributed by atoms with Crippen LogP contribution in [0.4, 0.5) is 0 Å². The van der Waals surface area contributed by atoms with Gasteiger partial charge in [0.1, 0.15) is 0 Å². The van der Waals surface area contributed by atoms with Crippen LogP contribution in [-0.2, 0) is 17.8 Å². The van der Waals surface area contributed by atoms with Crippen molar-refractivity contribution in [3.05, 3.63) is 57.3 Å². The third kappa shape index (κ3) is 4.26. The molecule has 0 saturated carbocycles. The van der Waals surface area contributed by atoms with Gasteiger partial charge in [0.05, 0.1) is 6.54 Å². The Bertz CT molecular complexity index is 794. The number of carbonyl (C=O) groups is 1. The van der Waals surface area contributed by atoms with E-state index >= 15 is 0 Å². The Morgan fingerprint density at radius 2 is 1.96 bits per heavy atom. The summed E-state index contributed by atoms with van der Waals surface area (Å²) in [5.74, 6) is 0.288. The van der Waals surface area contributed by atoms with E-state index in [-0.39, 0.29) is 5.91 Å². The van der Waals surface area contributed by atoms with Gasteiger partial charge in [-0.3, -0.25) is 14.6 Å². The molecule has 1 aromatic heterocycles. The lowest BCUT2D eigenvalue weighted by molar-refractivity contribution is -0.134. The van der Waals surface area contributed by atoms with E-state index in [1.807, 2.05) is 11.3 Å².